The van der Waals surface area contributed by atoms with Crippen molar-refractivity contribution in [3.05, 3.63) is 54.6 Å². The van der Waals surface area contributed by atoms with Gasteiger partial charge >= 0.3 is 18.9 Å². The number of nitrogens with zero attached hydrogens (tertiary/aromatic N) is 4. The number of amidine groups is 1. The van der Waals surface area contributed by atoms with Crippen LogP contribution < -0.4 is 45.7 Å². The number of allylic oxidation sites excluding steroid dienone is 1. The summed E-state index contributed by atoms with van der Waals surface area (Å²) in [5.74, 6) is 0.969. The summed E-state index contributed by atoms with van der Waals surface area (Å²) in [5.41, 5.74) is 13.6. The van der Waals surface area contributed by atoms with Gasteiger partial charge < -0.3 is 26.3 Å². The minimum atomic E-state index is -0.186. The minimum absolute atomic E-state index is 0. The fourth-order valence-corrected chi connectivity index (χ4v) is 3.69. The van der Waals surface area contributed by atoms with E-state index in [1.807, 2.05) is 24.3 Å². The number of amides is 1. The Bertz CT molecular complexity index is 1160. The SMILES string of the molecule is [CH2-][N+](CC[N+](C)(C)O)=c1cc(/N=C(N)\C=C(\C)N)[nH]c(Sc2ccc(NC(=O)C3CC3)cc2)n1.[Li+]. The Morgan fingerprint density at radius 1 is 1.37 bits per heavy atom. The van der Waals surface area contributed by atoms with Gasteiger partial charge in [-0.15, -0.1) is 4.98 Å². The van der Waals surface area contributed by atoms with Gasteiger partial charge in [-0.05, 0) is 67.9 Å². The zero-order chi connectivity index (χ0) is 24.9. The number of hydrogen-bond acceptors (Lipinski definition) is 6. The number of rotatable bonds is 9. The van der Waals surface area contributed by atoms with Crippen LogP contribution in [-0.4, -0.2) is 58.7 Å². The normalized spacial score (nSPS) is 15.3. The Morgan fingerprint density at radius 3 is 2.60 bits per heavy atom. The molecule has 1 amide bonds. The molecule has 0 bridgehead atoms. The van der Waals surface area contributed by atoms with Crippen LogP contribution >= 0.6 is 11.8 Å². The van der Waals surface area contributed by atoms with Crippen molar-refractivity contribution < 1.29 is 33.5 Å². The third-order valence-electron chi connectivity index (χ3n) is 4.87. The molecule has 2 aromatic rings. The largest absolute Gasteiger partial charge is 1.00 e. The number of hydrogen-bond donors (Lipinski definition) is 5. The van der Waals surface area contributed by atoms with Gasteiger partial charge in [0.1, 0.15) is 24.7 Å². The number of quaternary nitrogens is 1. The van der Waals surface area contributed by atoms with E-state index in [9.17, 15) is 10.0 Å². The first-order valence-corrected chi connectivity index (χ1v) is 11.7. The molecule has 12 heteroatoms. The Morgan fingerprint density at radius 2 is 2.03 bits per heavy atom. The Balaban J connectivity index is 0.00000432. The van der Waals surface area contributed by atoms with Gasteiger partial charge in [0.25, 0.3) is 5.16 Å². The number of aromatic nitrogens is 2. The quantitative estimate of drug-likeness (QED) is 0.0434. The van der Waals surface area contributed by atoms with Crippen molar-refractivity contribution in [2.75, 3.05) is 32.5 Å². The number of nitrogens with one attached hydrogen (secondary N) is 2. The van der Waals surface area contributed by atoms with Crippen LogP contribution in [0.25, 0.3) is 0 Å². The fraction of sp³-hybridized carbons (Fsp3) is 0.348. The van der Waals surface area contributed by atoms with Crippen molar-refractivity contribution in [3.8, 4) is 0 Å². The first-order chi connectivity index (χ1) is 16.0. The van der Waals surface area contributed by atoms with Crippen molar-refractivity contribution >= 4 is 35.0 Å². The maximum Gasteiger partial charge on any atom is 1.00 e. The molecule has 10 nitrogen and oxygen atoms in total. The predicted octanol–water partition coefficient (Wildman–Crippen LogP) is -1.21. The molecule has 0 unspecified atom stereocenters. The van der Waals surface area contributed by atoms with E-state index >= 15 is 0 Å². The molecule has 1 aromatic carbocycles. The molecule has 1 aliphatic rings. The van der Waals surface area contributed by atoms with Crippen molar-refractivity contribution in [3.63, 3.8) is 0 Å². The first-order valence-electron chi connectivity index (χ1n) is 10.9. The summed E-state index contributed by atoms with van der Waals surface area (Å²) in [6.45, 7) is 2.66. The van der Waals surface area contributed by atoms with Crippen LogP contribution in [-0.2, 0) is 4.79 Å². The molecule has 0 atom stereocenters. The predicted molar refractivity (Wildman–Crippen MR) is 134 cm³/mol. The number of aromatic amines is 1. The van der Waals surface area contributed by atoms with Gasteiger partial charge in [-0.2, -0.15) is 4.65 Å². The van der Waals surface area contributed by atoms with Gasteiger partial charge in [-0.3, -0.25) is 4.79 Å². The van der Waals surface area contributed by atoms with E-state index in [0.717, 1.165) is 23.4 Å². The molecule has 1 fully saturated rings. The molecule has 3 rings (SSSR count). The molecule has 182 valence electrons. The second-order valence-corrected chi connectivity index (χ2v) is 9.92. The molecule has 0 spiro atoms. The van der Waals surface area contributed by atoms with Crippen molar-refractivity contribution in [1.29, 1.82) is 0 Å². The van der Waals surface area contributed by atoms with E-state index in [1.165, 1.54) is 11.8 Å². The van der Waals surface area contributed by atoms with Gasteiger partial charge in [0.15, 0.2) is 5.49 Å². The van der Waals surface area contributed by atoms with E-state index in [4.69, 9.17) is 11.5 Å². The summed E-state index contributed by atoms with van der Waals surface area (Å²) in [5, 5.41) is 13.5. The number of aliphatic imine (C=N–C) groups is 1. The van der Waals surface area contributed by atoms with Crippen LogP contribution in [0.1, 0.15) is 19.8 Å². The molecule has 1 saturated carbocycles. The summed E-state index contributed by atoms with van der Waals surface area (Å²) >= 11 is 1.41. The first kappa shape index (κ1) is 28.6. The molecule has 1 heterocycles. The molecule has 0 radical (unpaired) electrons. The zero-order valence-corrected chi connectivity index (χ0v) is 21.6. The molecule has 1 aliphatic carbocycles. The average Bonchev–Trinajstić information content (AvgIpc) is 3.57. The minimum Gasteiger partial charge on any atom is -0.402 e. The number of benzene rings is 1. The summed E-state index contributed by atoms with van der Waals surface area (Å²) in [4.78, 5) is 25.1. The van der Waals surface area contributed by atoms with Crippen LogP contribution in [0, 0.1) is 13.0 Å². The fourth-order valence-electron chi connectivity index (χ4n) is 2.90. The van der Waals surface area contributed by atoms with E-state index in [-0.39, 0.29) is 41.2 Å². The molecule has 1 aromatic heterocycles. The van der Waals surface area contributed by atoms with Crippen LogP contribution in [0.5, 0.6) is 0 Å². The Labute approximate surface area is 222 Å². The molecular weight excluding hydrogens is 459 g/mol. The average molecular weight is 493 g/mol. The van der Waals surface area contributed by atoms with E-state index < -0.39 is 0 Å². The maximum atomic E-state index is 12.0. The second-order valence-electron chi connectivity index (χ2n) is 8.85. The number of nitrogens with two attached hydrogens (primary N) is 2. The molecule has 0 aliphatic heterocycles. The number of H-pyrrole nitrogens is 1. The summed E-state index contributed by atoms with van der Waals surface area (Å²) in [6, 6.07) is 9.31. The van der Waals surface area contributed by atoms with Gasteiger partial charge in [-0.1, -0.05) is 7.05 Å². The van der Waals surface area contributed by atoms with E-state index in [2.05, 4.69) is 27.3 Å². The standard InChI is InChI=1S/C23H32N8O2S.Li/c1-15(24)13-19(25)27-20-14-21(30(2)11-12-31(3,4)33)29-23(28-20)34-18-9-7-17(8-10-18)26-22(32)16-5-6-16;/h7-10,13-14,16,33H,2,5-6,11-12H2,1,3-4H3,(H5-,24,25,26,27,28,29,32);/q;+1/p+1. The van der Waals surface area contributed by atoms with Crippen molar-refractivity contribution in [1.82, 2.24) is 14.5 Å². The van der Waals surface area contributed by atoms with Gasteiger partial charge in [0.05, 0.1) is 14.1 Å². The third-order valence-corrected chi connectivity index (χ3v) is 5.76. The van der Waals surface area contributed by atoms with Crippen molar-refractivity contribution in [2.45, 2.75) is 29.8 Å². The number of carbonyl (C=O) groups is 1. The molecular formula is C23H33LiN8O2S+2. The molecule has 7 N–H and O–H groups in total. The van der Waals surface area contributed by atoms with Crippen LogP contribution in [0.2, 0.25) is 0 Å². The van der Waals surface area contributed by atoms with E-state index in [1.54, 1.807) is 37.7 Å². The van der Waals surface area contributed by atoms with Crippen LogP contribution in [0.4, 0.5) is 11.5 Å². The second kappa shape index (κ2) is 12.3. The molecule has 0 saturated heterocycles. The number of likely N-dealkylation sites (N-methyl/N-ethyl adjacent to an activating group) is 1. The zero-order valence-electron chi connectivity index (χ0n) is 20.8. The molecule has 35 heavy (non-hydrogen) atoms. The van der Waals surface area contributed by atoms with Crippen LogP contribution in [0.3, 0.4) is 0 Å². The summed E-state index contributed by atoms with van der Waals surface area (Å²) in [6.07, 6.45) is 3.50. The summed E-state index contributed by atoms with van der Waals surface area (Å²) < 4.78 is 1.51. The smallest absolute Gasteiger partial charge is 0.402 e. The van der Waals surface area contributed by atoms with Gasteiger partial charge in [0, 0.05) is 22.2 Å². The monoisotopic (exact) mass is 492 g/mol. The Hall–Kier alpha value is -2.68. The third kappa shape index (κ3) is 9.83. The number of carbonyl (C=O) groups excluding carboxylic acids is 1. The summed E-state index contributed by atoms with van der Waals surface area (Å²) in [7, 11) is 7.44. The maximum absolute atomic E-state index is 12.0. The number of anilines is 1. The van der Waals surface area contributed by atoms with Gasteiger partial charge in [0.2, 0.25) is 5.91 Å². The van der Waals surface area contributed by atoms with Crippen molar-refractivity contribution in [2.24, 2.45) is 22.4 Å². The van der Waals surface area contributed by atoms with E-state index in [0.29, 0.717) is 35.2 Å². The Kier molecular flexibility index (Phi) is 10.1. The van der Waals surface area contributed by atoms with Gasteiger partial charge in [-0.25, -0.2) is 10.2 Å². The topological polar surface area (TPSA) is 145 Å². The number of hydroxylamine groups is 3. The van der Waals surface area contributed by atoms with Crippen LogP contribution in [0.15, 0.2) is 57.1 Å².